The lowest BCUT2D eigenvalue weighted by Crippen LogP contribution is -2.38. The van der Waals surface area contributed by atoms with Crippen LogP contribution < -0.4 is 9.03 Å². The second-order valence-corrected chi connectivity index (χ2v) is 11.4. The summed E-state index contributed by atoms with van der Waals surface area (Å²) in [6.07, 6.45) is 1.55. The smallest absolute Gasteiger partial charge is 0.244 e. The number of anilines is 1. The van der Waals surface area contributed by atoms with E-state index in [-0.39, 0.29) is 28.9 Å². The molecule has 1 aromatic carbocycles. The number of rotatable bonds is 9. The fourth-order valence-electron chi connectivity index (χ4n) is 3.97. The minimum atomic E-state index is -3.89. The maximum Gasteiger partial charge on any atom is 0.244 e. The van der Waals surface area contributed by atoms with Crippen LogP contribution in [0.15, 0.2) is 45.9 Å². The van der Waals surface area contributed by atoms with Crippen molar-refractivity contribution in [3.05, 3.63) is 47.9 Å². The first-order chi connectivity index (χ1) is 15.0. The third kappa shape index (κ3) is 4.75. The Morgan fingerprint density at radius 2 is 1.94 bits per heavy atom. The normalized spacial score (nSPS) is 19.6. The highest BCUT2D eigenvalue weighted by Gasteiger charge is 2.42. The topological polar surface area (TPSA) is 117 Å². The Hall–Kier alpha value is -2.21. The lowest BCUT2D eigenvalue weighted by Gasteiger charge is -2.28. The fraction of sp³-hybridized carbons (Fsp3) is 0.476. The van der Waals surface area contributed by atoms with Gasteiger partial charge in [-0.1, -0.05) is 20.8 Å². The molecule has 1 saturated heterocycles. The van der Waals surface area contributed by atoms with Gasteiger partial charge in [0.05, 0.1) is 34.6 Å². The summed E-state index contributed by atoms with van der Waals surface area (Å²) in [7, 11) is -7.65. The molecule has 1 aliphatic heterocycles. The number of likely N-dealkylation sites (N-methyl/N-ethyl adjacent to an activating group) is 1. The minimum absolute atomic E-state index is 0.0242. The van der Waals surface area contributed by atoms with E-state index in [0.717, 1.165) is 4.31 Å². The molecule has 2 aromatic rings. The van der Waals surface area contributed by atoms with Crippen LogP contribution in [0.25, 0.3) is 0 Å². The molecule has 1 aromatic heterocycles. The molecule has 0 bridgehead atoms. The van der Waals surface area contributed by atoms with Crippen LogP contribution in [0, 0.1) is 12.8 Å². The van der Waals surface area contributed by atoms with Crippen LogP contribution in [-0.2, 0) is 24.8 Å². The summed E-state index contributed by atoms with van der Waals surface area (Å²) < 4.78 is 59.7. The van der Waals surface area contributed by atoms with Crippen molar-refractivity contribution in [3.63, 3.8) is 0 Å². The summed E-state index contributed by atoms with van der Waals surface area (Å²) in [6, 6.07) is 7.39. The van der Waals surface area contributed by atoms with Gasteiger partial charge in [0.25, 0.3) is 0 Å². The van der Waals surface area contributed by atoms with Gasteiger partial charge in [-0.25, -0.2) is 25.9 Å². The van der Waals surface area contributed by atoms with Crippen molar-refractivity contribution in [2.45, 2.75) is 38.6 Å². The van der Waals surface area contributed by atoms with Gasteiger partial charge in [0, 0.05) is 6.54 Å². The molecule has 1 fully saturated rings. The second kappa shape index (κ2) is 9.34. The maximum atomic E-state index is 13.0. The van der Waals surface area contributed by atoms with Crippen molar-refractivity contribution in [1.82, 2.24) is 9.62 Å². The first-order valence-electron chi connectivity index (χ1n) is 10.5. The van der Waals surface area contributed by atoms with Crippen molar-refractivity contribution in [3.8, 4) is 0 Å². The van der Waals surface area contributed by atoms with Crippen LogP contribution in [0.3, 0.4) is 0 Å². The molecule has 2 heterocycles. The Morgan fingerprint density at radius 3 is 2.44 bits per heavy atom. The van der Waals surface area contributed by atoms with E-state index in [0.29, 0.717) is 24.4 Å². The van der Waals surface area contributed by atoms with E-state index < -0.39 is 31.9 Å². The monoisotopic (exact) mass is 483 g/mol. The molecule has 2 atom stereocenters. The van der Waals surface area contributed by atoms with E-state index >= 15 is 0 Å². The predicted molar refractivity (Wildman–Crippen MR) is 121 cm³/mol. The zero-order chi connectivity index (χ0) is 23.7. The number of carbonyl (C=O) groups excluding carboxylic acids is 1. The molecule has 0 aliphatic carbocycles. The molecule has 3 rings (SSSR count). The number of carbonyl (C=O) groups is 1. The van der Waals surface area contributed by atoms with Crippen molar-refractivity contribution in [2.75, 3.05) is 29.7 Å². The number of hydrogen-bond donors (Lipinski definition) is 1. The maximum absolute atomic E-state index is 13.0. The predicted octanol–water partition coefficient (Wildman–Crippen LogP) is 2.26. The Labute approximate surface area is 189 Å². The van der Waals surface area contributed by atoms with E-state index in [9.17, 15) is 21.6 Å². The van der Waals surface area contributed by atoms with Gasteiger partial charge in [-0.3, -0.25) is 9.69 Å². The van der Waals surface area contributed by atoms with Gasteiger partial charge < -0.3 is 4.42 Å². The molecule has 1 N–H and O–H groups in total. The number of furan rings is 1. The molecule has 11 heteroatoms. The summed E-state index contributed by atoms with van der Waals surface area (Å²) in [5, 5.41) is 0. The van der Waals surface area contributed by atoms with Crippen LogP contribution in [0.5, 0.6) is 0 Å². The quantitative estimate of drug-likeness (QED) is 0.581. The SMILES string of the molecule is CCN(CC)C(CNS(=O)(=O)c1ccc(N2C(=O)C(C)CS2(=O)=O)cc1C)c1ccco1. The molecule has 32 heavy (non-hydrogen) atoms. The molecule has 1 aliphatic rings. The Bertz CT molecular complexity index is 1170. The summed E-state index contributed by atoms with van der Waals surface area (Å²) in [4.78, 5) is 14.4. The average molecular weight is 484 g/mol. The molecule has 0 spiro atoms. The fourth-order valence-corrected chi connectivity index (χ4v) is 7.04. The van der Waals surface area contributed by atoms with E-state index in [1.165, 1.54) is 18.2 Å². The highest BCUT2D eigenvalue weighted by Crippen LogP contribution is 2.31. The first kappa shape index (κ1) is 24.4. The molecule has 0 radical (unpaired) electrons. The zero-order valence-electron chi connectivity index (χ0n) is 18.6. The number of benzene rings is 1. The number of nitrogens with one attached hydrogen (secondary N) is 1. The van der Waals surface area contributed by atoms with Gasteiger partial charge in [0.2, 0.25) is 26.0 Å². The van der Waals surface area contributed by atoms with Crippen LogP contribution in [0.2, 0.25) is 0 Å². The van der Waals surface area contributed by atoms with Crippen molar-refractivity contribution >= 4 is 31.6 Å². The molecule has 0 saturated carbocycles. The minimum Gasteiger partial charge on any atom is -0.468 e. The van der Waals surface area contributed by atoms with E-state index in [2.05, 4.69) is 9.62 Å². The van der Waals surface area contributed by atoms with Crippen molar-refractivity contribution in [1.29, 1.82) is 0 Å². The molecule has 9 nitrogen and oxygen atoms in total. The summed E-state index contributed by atoms with van der Waals surface area (Å²) in [5.41, 5.74) is 0.488. The van der Waals surface area contributed by atoms with Crippen molar-refractivity contribution < 1.29 is 26.0 Å². The van der Waals surface area contributed by atoms with Crippen LogP contribution in [-0.4, -0.2) is 53.0 Å². The van der Waals surface area contributed by atoms with Gasteiger partial charge >= 0.3 is 0 Å². The van der Waals surface area contributed by atoms with Crippen LogP contribution in [0.1, 0.15) is 38.1 Å². The second-order valence-electron chi connectivity index (χ2n) is 7.84. The number of nitrogens with zero attached hydrogens (tertiary/aromatic N) is 2. The zero-order valence-corrected chi connectivity index (χ0v) is 20.2. The molecule has 1 amide bonds. The van der Waals surface area contributed by atoms with E-state index in [1.54, 1.807) is 26.2 Å². The Kier molecular flexibility index (Phi) is 7.13. The molecular weight excluding hydrogens is 454 g/mol. The third-order valence-electron chi connectivity index (χ3n) is 5.63. The van der Waals surface area contributed by atoms with Crippen LogP contribution in [0.4, 0.5) is 5.69 Å². The summed E-state index contributed by atoms with van der Waals surface area (Å²) in [6.45, 7) is 8.65. The van der Waals surface area contributed by atoms with E-state index in [4.69, 9.17) is 4.42 Å². The van der Waals surface area contributed by atoms with Gasteiger partial charge in [0.15, 0.2) is 0 Å². The van der Waals surface area contributed by atoms with E-state index in [1.807, 2.05) is 19.9 Å². The lowest BCUT2D eigenvalue weighted by atomic mass is 10.2. The van der Waals surface area contributed by atoms with Crippen LogP contribution >= 0.6 is 0 Å². The largest absolute Gasteiger partial charge is 0.468 e. The Balaban J connectivity index is 1.85. The highest BCUT2D eigenvalue weighted by molar-refractivity contribution is 7.94. The number of sulfonamides is 2. The van der Waals surface area contributed by atoms with Gasteiger partial charge in [-0.2, -0.15) is 0 Å². The van der Waals surface area contributed by atoms with Gasteiger partial charge in [0.1, 0.15) is 5.76 Å². The standard InChI is InChI=1S/C21H29N3O6S2/c1-5-23(6-2)18(19-8-7-11-30-19)13-22-32(28,29)20-10-9-17(12-15(20)3)24-21(25)16(4)14-31(24,26)27/h7-12,16,18,22H,5-6,13-14H2,1-4H3. The lowest BCUT2D eigenvalue weighted by molar-refractivity contribution is -0.119. The number of amides is 1. The molecule has 176 valence electrons. The van der Waals surface area contributed by atoms with Gasteiger partial charge in [-0.15, -0.1) is 0 Å². The number of hydrogen-bond acceptors (Lipinski definition) is 7. The number of aryl methyl sites for hydroxylation is 1. The highest BCUT2D eigenvalue weighted by atomic mass is 32.2. The van der Waals surface area contributed by atoms with Crippen molar-refractivity contribution in [2.24, 2.45) is 5.92 Å². The van der Waals surface area contributed by atoms with Gasteiger partial charge in [-0.05, 0) is 55.9 Å². The molecule has 2 unspecified atom stereocenters. The molecular formula is C21H29N3O6S2. The first-order valence-corrected chi connectivity index (χ1v) is 13.6. The summed E-state index contributed by atoms with van der Waals surface area (Å²) >= 11 is 0. The Morgan fingerprint density at radius 1 is 1.25 bits per heavy atom. The third-order valence-corrected chi connectivity index (χ3v) is 9.09. The summed E-state index contributed by atoms with van der Waals surface area (Å²) in [5.74, 6) is -0.746. The average Bonchev–Trinajstić information content (AvgIpc) is 3.31.